The van der Waals surface area contributed by atoms with E-state index >= 15 is 0 Å². The Morgan fingerprint density at radius 1 is 1.39 bits per heavy atom. The molecular formula is C21H32N4O2S. The fourth-order valence-electron chi connectivity index (χ4n) is 3.87. The van der Waals surface area contributed by atoms with Crippen LogP contribution in [0.2, 0.25) is 0 Å². The van der Waals surface area contributed by atoms with Crippen molar-refractivity contribution in [1.29, 1.82) is 0 Å². The number of carbonyl (C=O) groups excluding carboxylic acids is 1. The second-order valence-corrected chi connectivity index (χ2v) is 9.12. The number of fused-ring (bicyclic) bond motifs is 1. The number of likely N-dealkylation sites (tertiary alicyclic amines) is 1. The summed E-state index contributed by atoms with van der Waals surface area (Å²) in [6.45, 7) is 9.84. The van der Waals surface area contributed by atoms with Crippen LogP contribution >= 0.6 is 11.8 Å². The van der Waals surface area contributed by atoms with Crippen LogP contribution in [0.3, 0.4) is 0 Å². The zero-order valence-corrected chi connectivity index (χ0v) is 18.3. The Labute approximate surface area is 171 Å². The van der Waals surface area contributed by atoms with E-state index in [0.717, 1.165) is 37.9 Å². The maximum Gasteiger partial charge on any atom is 0.278 e. The third-order valence-electron chi connectivity index (χ3n) is 5.51. The highest BCUT2D eigenvalue weighted by atomic mass is 32.2. The van der Waals surface area contributed by atoms with E-state index in [4.69, 9.17) is 4.98 Å². The zero-order chi connectivity index (χ0) is 20.3. The van der Waals surface area contributed by atoms with Crippen LogP contribution in [-0.4, -0.2) is 43.7 Å². The van der Waals surface area contributed by atoms with Crippen LogP contribution in [-0.2, 0) is 11.3 Å². The molecule has 3 heterocycles. The average Bonchev–Trinajstić information content (AvgIpc) is 3.05. The minimum atomic E-state index is -0.0434. The molecule has 1 atom stereocenters. The number of amides is 1. The lowest BCUT2D eigenvalue weighted by Crippen LogP contribution is -2.44. The van der Waals surface area contributed by atoms with Gasteiger partial charge in [-0.2, -0.15) is 0 Å². The van der Waals surface area contributed by atoms with Gasteiger partial charge < -0.3 is 9.88 Å². The Bertz CT molecular complexity index is 886. The van der Waals surface area contributed by atoms with Crippen LogP contribution in [0.1, 0.15) is 58.6 Å². The number of carbonyl (C=O) groups is 1. The third kappa shape index (κ3) is 4.62. The maximum atomic E-state index is 13.0. The molecule has 1 aliphatic heterocycles. The van der Waals surface area contributed by atoms with Gasteiger partial charge in [-0.05, 0) is 51.0 Å². The van der Waals surface area contributed by atoms with Crippen molar-refractivity contribution in [2.75, 3.05) is 12.3 Å². The van der Waals surface area contributed by atoms with E-state index in [1.807, 2.05) is 17.9 Å². The van der Waals surface area contributed by atoms with Crippen molar-refractivity contribution >= 4 is 28.7 Å². The van der Waals surface area contributed by atoms with Gasteiger partial charge >= 0.3 is 0 Å². The minimum Gasteiger partial charge on any atom is -0.353 e. The molecule has 28 heavy (non-hydrogen) atoms. The number of thioether (sulfide) groups is 1. The molecule has 0 aromatic carbocycles. The van der Waals surface area contributed by atoms with Crippen molar-refractivity contribution in [1.82, 2.24) is 19.4 Å². The molecule has 1 aliphatic rings. The van der Waals surface area contributed by atoms with Crippen molar-refractivity contribution in [2.24, 2.45) is 5.92 Å². The summed E-state index contributed by atoms with van der Waals surface area (Å²) in [7, 11) is 0. The molecule has 0 aliphatic carbocycles. The van der Waals surface area contributed by atoms with Gasteiger partial charge in [0.15, 0.2) is 5.16 Å². The molecule has 154 valence electrons. The van der Waals surface area contributed by atoms with Gasteiger partial charge in [-0.15, -0.1) is 0 Å². The summed E-state index contributed by atoms with van der Waals surface area (Å²) < 4.78 is 1.74. The molecule has 0 spiro atoms. The highest BCUT2D eigenvalue weighted by molar-refractivity contribution is 7.99. The highest BCUT2D eigenvalue weighted by Crippen LogP contribution is 2.23. The maximum absolute atomic E-state index is 13.0. The molecule has 1 N–H and O–H groups in total. The predicted molar refractivity (Wildman–Crippen MR) is 115 cm³/mol. The quantitative estimate of drug-likeness (QED) is 0.560. The van der Waals surface area contributed by atoms with Gasteiger partial charge in [0.1, 0.15) is 5.52 Å². The fourth-order valence-corrected chi connectivity index (χ4v) is 4.78. The molecular weight excluding hydrogens is 372 g/mol. The number of hydrogen-bond donors (Lipinski definition) is 1. The van der Waals surface area contributed by atoms with E-state index < -0.39 is 0 Å². The van der Waals surface area contributed by atoms with Crippen molar-refractivity contribution in [2.45, 2.75) is 77.5 Å². The largest absolute Gasteiger partial charge is 0.353 e. The summed E-state index contributed by atoms with van der Waals surface area (Å²) in [5, 5.41) is 0.649. The number of nitrogens with zero attached hydrogens (tertiary/aromatic N) is 3. The molecule has 3 rings (SSSR count). The van der Waals surface area contributed by atoms with Crippen molar-refractivity contribution in [3.63, 3.8) is 0 Å². The fraction of sp³-hybridized carbons (Fsp3) is 0.667. The van der Waals surface area contributed by atoms with Crippen LogP contribution in [0.15, 0.2) is 16.0 Å². The van der Waals surface area contributed by atoms with E-state index in [1.165, 1.54) is 18.2 Å². The average molecular weight is 405 g/mol. The van der Waals surface area contributed by atoms with E-state index in [1.54, 1.807) is 4.57 Å². The molecule has 1 amide bonds. The summed E-state index contributed by atoms with van der Waals surface area (Å²) >= 11 is 1.40. The van der Waals surface area contributed by atoms with E-state index in [2.05, 4.69) is 25.8 Å². The topological polar surface area (TPSA) is 71.0 Å². The number of hydrogen-bond acceptors (Lipinski definition) is 4. The lowest BCUT2D eigenvalue weighted by atomic mass is 10.0. The van der Waals surface area contributed by atoms with Gasteiger partial charge in [0.2, 0.25) is 5.91 Å². The van der Waals surface area contributed by atoms with Gasteiger partial charge in [0.25, 0.3) is 5.56 Å². The number of piperidine rings is 1. The van der Waals surface area contributed by atoms with Gasteiger partial charge in [-0.3, -0.25) is 14.2 Å². The zero-order valence-electron chi connectivity index (χ0n) is 17.5. The smallest absolute Gasteiger partial charge is 0.278 e. The first-order valence-corrected chi connectivity index (χ1v) is 11.4. The summed E-state index contributed by atoms with van der Waals surface area (Å²) in [4.78, 5) is 35.7. The second kappa shape index (κ2) is 9.16. The monoisotopic (exact) mass is 404 g/mol. The lowest BCUT2D eigenvalue weighted by Gasteiger charge is -2.35. The van der Waals surface area contributed by atoms with E-state index in [9.17, 15) is 9.59 Å². The Morgan fingerprint density at radius 3 is 2.89 bits per heavy atom. The van der Waals surface area contributed by atoms with Crippen LogP contribution < -0.4 is 5.56 Å². The van der Waals surface area contributed by atoms with Crippen LogP contribution in [0, 0.1) is 12.8 Å². The van der Waals surface area contributed by atoms with Crippen molar-refractivity contribution in [3.05, 3.63) is 22.1 Å². The van der Waals surface area contributed by atoms with Gasteiger partial charge in [-0.1, -0.05) is 32.5 Å². The number of rotatable bonds is 7. The number of aromatic nitrogens is 3. The molecule has 0 bridgehead atoms. The molecule has 6 nitrogen and oxygen atoms in total. The molecule has 2 aromatic heterocycles. The number of nitrogens with one attached hydrogen (secondary N) is 1. The van der Waals surface area contributed by atoms with Gasteiger partial charge in [0.05, 0.1) is 11.3 Å². The Kier molecular flexibility index (Phi) is 6.86. The lowest BCUT2D eigenvalue weighted by molar-refractivity contribution is -0.132. The molecule has 1 fully saturated rings. The SMILES string of the molecule is CC[C@H]1CCCCN1C(=O)CSc1nc2cc(C)[nH]c2c(=O)n1CCC(C)C. The molecule has 7 heteroatoms. The Balaban J connectivity index is 1.83. The summed E-state index contributed by atoms with van der Waals surface area (Å²) in [5.41, 5.74) is 2.12. The van der Waals surface area contributed by atoms with Crippen molar-refractivity contribution in [3.8, 4) is 0 Å². The first kappa shape index (κ1) is 21.0. The first-order chi connectivity index (χ1) is 13.4. The first-order valence-electron chi connectivity index (χ1n) is 10.4. The highest BCUT2D eigenvalue weighted by Gasteiger charge is 2.25. The third-order valence-corrected chi connectivity index (χ3v) is 6.47. The van der Waals surface area contributed by atoms with Gasteiger partial charge in [0, 0.05) is 24.8 Å². The molecule has 1 saturated heterocycles. The second-order valence-electron chi connectivity index (χ2n) is 8.18. The van der Waals surface area contributed by atoms with Gasteiger partial charge in [-0.25, -0.2) is 4.98 Å². The number of aryl methyl sites for hydroxylation is 1. The standard InChI is InChI=1S/C21H32N4O2S/c1-5-16-8-6-7-10-24(16)18(26)13-28-21-23-17-12-15(4)22-19(17)20(27)25(21)11-9-14(2)3/h12,14,16,22H,5-11,13H2,1-4H3/t16-/m0/s1. The molecule has 0 unspecified atom stereocenters. The number of H-pyrrole nitrogens is 1. The molecule has 0 radical (unpaired) electrons. The predicted octanol–water partition coefficient (Wildman–Crippen LogP) is 3.96. The Morgan fingerprint density at radius 2 is 2.18 bits per heavy atom. The van der Waals surface area contributed by atoms with Crippen LogP contribution in [0.4, 0.5) is 0 Å². The van der Waals surface area contributed by atoms with E-state index in [-0.39, 0.29) is 11.5 Å². The summed E-state index contributed by atoms with van der Waals surface area (Å²) in [6, 6.07) is 2.25. The Hall–Kier alpha value is -1.76. The van der Waals surface area contributed by atoms with Crippen LogP contribution in [0.5, 0.6) is 0 Å². The van der Waals surface area contributed by atoms with Crippen molar-refractivity contribution < 1.29 is 4.79 Å². The minimum absolute atomic E-state index is 0.0434. The molecule has 0 saturated carbocycles. The van der Waals surface area contributed by atoms with Crippen LogP contribution in [0.25, 0.3) is 11.0 Å². The summed E-state index contributed by atoms with van der Waals surface area (Å²) in [5.74, 6) is 0.983. The van der Waals surface area contributed by atoms with E-state index in [0.29, 0.717) is 40.4 Å². The normalized spacial score (nSPS) is 17.6. The molecule has 2 aromatic rings. The number of aromatic amines is 1. The summed E-state index contributed by atoms with van der Waals surface area (Å²) in [6.07, 6.45) is 5.29.